The zero-order chi connectivity index (χ0) is 13.5. The van der Waals surface area contributed by atoms with E-state index in [1.165, 1.54) is 19.3 Å². The minimum atomic E-state index is -0.125. The number of aromatic nitrogens is 1. The van der Waals surface area contributed by atoms with Crippen molar-refractivity contribution in [1.29, 1.82) is 0 Å². The molecule has 1 saturated carbocycles. The molecule has 1 saturated heterocycles. The van der Waals surface area contributed by atoms with Gasteiger partial charge in [0.25, 0.3) is 5.91 Å². The smallest absolute Gasteiger partial charge is 0.289 e. The topological polar surface area (TPSA) is 67.2 Å². The summed E-state index contributed by atoms with van der Waals surface area (Å²) >= 11 is 0. The van der Waals surface area contributed by atoms with Crippen molar-refractivity contribution >= 4 is 5.91 Å². The highest BCUT2D eigenvalue weighted by atomic mass is 16.4. The van der Waals surface area contributed by atoms with Gasteiger partial charge in [0.1, 0.15) is 0 Å². The van der Waals surface area contributed by atoms with Crippen LogP contribution in [0.2, 0.25) is 0 Å². The van der Waals surface area contributed by atoms with Crippen LogP contribution in [0, 0.1) is 13.8 Å². The molecule has 0 radical (unpaired) electrons. The molecule has 1 unspecified atom stereocenters. The summed E-state index contributed by atoms with van der Waals surface area (Å²) in [7, 11) is 0. The van der Waals surface area contributed by atoms with Crippen molar-refractivity contribution in [1.82, 2.24) is 15.6 Å². The maximum Gasteiger partial charge on any atom is 0.289 e. The number of carbonyl (C=O) groups excluding carboxylic acids is 1. The molecule has 2 heterocycles. The Balaban J connectivity index is 1.64. The second-order valence-corrected chi connectivity index (χ2v) is 5.87. The summed E-state index contributed by atoms with van der Waals surface area (Å²) in [5, 5.41) is 6.70. The standard InChI is InChI=1S/C14H21N3O2/c1-9-12(19-10(2)16-9)13(18)17-11-4-7-15-14(8-11)5-3-6-14/h11,15H,3-8H2,1-2H3,(H,17,18). The summed E-state index contributed by atoms with van der Waals surface area (Å²) in [4.78, 5) is 16.3. The SMILES string of the molecule is Cc1nc(C)c(C(=O)NC2CCNC3(CCC3)C2)o1. The van der Waals surface area contributed by atoms with E-state index in [4.69, 9.17) is 4.42 Å². The Morgan fingerprint density at radius 3 is 2.84 bits per heavy atom. The second kappa shape index (κ2) is 4.63. The fourth-order valence-electron chi connectivity index (χ4n) is 3.26. The van der Waals surface area contributed by atoms with Crippen LogP contribution in [-0.2, 0) is 0 Å². The third-order valence-electron chi connectivity index (χ3n) is 4.39. The van der Waals surface area contributed by atoms with E-state index in [1.54, 1.807) is 13.8 Å². The predicted molar refractivity (Wildman–Crippen MR) is 71.0 cm³/mol. The van der Waals surface area contributed by atoms with E-state index >= 15 is 0 Å². The van der Waals surface area contributed by atoms with E-state index in [0.717, 1.165) is 19.4 Å². The molecule has 5 heteroatoms. The van der Waals surface area contributed by atoms with Gasteiger partial charge >= 0.3 is 0 Å². The Morgan fingerprint density at radius 1 is 1.47 bits per heavy atom. The van der Waals surface area contributed by atoms with Crippen LogP contribution in [0.3, 0.4) is 0 Å². The van der Waals surface area contributed by atoms with Crippen LogP contribution < -0.4 is 10.6 Å². The van der Waals surface area contributed by atoms with Gasteiger partial charge in [0.2, 0.25) is 5.76 Å². The van der Waals surface area contributed by atoms with Crippen LogP contribution in [0.4, 0.5) is 0 Å². The lowest BCUT2D eigenvalue weighted by molar-refractivity contribution is 0.0826. The number of hydrogen-bond donors (Lipinski definition) is 2. The van der Waals surface area contributed by atoms with Gasteiger partial charge in [-0.3, -0.25) is 4.79 Å². The fraction of sp³-hybridized carbons (Fsp3) is 0.714. The molecule has 2 N–H and O–H groups in total. The summed E-state index contributed by atoms with van der Waals surface area (Å²) in [6, 6.07) is 0.249. The zero-order valence-electron chi connectivity index (χ0n) is 11.6. The average Bonchev–Trinajstić information content (AvgIpc) is 2.67. The Labute approximate surface area is 113 Å². The van der Waals surface area contributed by atoms with Crippen molar-refractivity contribution in [2.45, 2.75) is 57.5 Å². The maximum absolute atomic E-state index is 12.2. The van der Waals surface area contributed by atoms with E-state index in [1.807, 2.05) is 0 Å². The second-order valence-electron chi connectivity index (χ2n) is 5.87. The number of oxazole rings is 1. The quantitative estimate of drug-likeness (QED) is 0.852. The number of nitrogens with zero attached hydrogens (tertiary/aromatic N) is 1. The van der Waals surface area contributed by atoms with Gasteiger partial charge in [-0.1, -0.05) is 0 Å². The fourth-order valence-corrected chi connectivity index (χ4v) is 3.26. The summed E-state index contributed by atoms with van der Waals surface area (Å²) in [6.45, 7) is 4.55. The van der Waals surface area contributed by atoms with Gasteiger partial charge in [-0.25, -0.2) is 4.98 Å². The molecule has 2 aliphatic rings. The van der Waals surface area contributed by atoms with Crippen molar-refractivity contribution in [3.05, 3.63) is 17.3 Å². The van der Waals surface area contributed by atoms with Gasteiger partial charge in [-0.2, -0.15) is 0 Å². The summed E-state index contributed by atoms with van der Waals surface area (Å²) in [6.07, 6.45) is 5.79. The average molecular weight is 263 g/mol. The monoisotopic (exact) mass is 263 g/mol. The molecular weight excluding hydrogens is 242 g/mol. The lowest BCUT2D eigenvalue weighted by Crippen LogP contribution is -2.59. The van der Waals surface area contributed by atoms with Crippen molar-refractivity contribution in [2.75, 3.05) is 6.54 Å². The highest BCUT2D eigenvalue weighted by molar-refractivity contribution is 5.92. The number of rotatable bonds is 2. The Morgan fingerprint density at radius 2 is 2.26 bits per heavy atom. The van der Waals surface area contributed by atoms with Crippen molar-refractivity contribution < 1.29 is 9.21 Å². The highest BCUT2D eigenvalue weighted by Crippen LogP contribution is 2.38. The lowest BCUT2D eigenvalue weighted by Gasteiger charge is -2.48. The van der Waals surface area contributed by atoms with Crippen LogP contribution in [0.1, 0.15) is 54.2 Å². The van der Waals surface area contributed by atoms with Gasteiger partial charge < -0.3 is 15.1 Å². The van der Waals surface area contributed by atoms with E-state index in [0.29, 0.717) is 22.9 Å². The molecule has 1 spiro atoms. The summed E-state index contributed by atoms with van der Waals surface area (Å²) in [5.41, 5.74) is 0.963. The number of carbonyl (C=O) groups is 1. The molecular formula is C14H21N3O2. The highest BCUT2D eigenvalue weighted by Gasteiger charge is 2.41. The molecule has 1 amide bonds. The first-order chi connectivity index (χ1) is 9.08. The number of amides is 1. The van der Waals surface area contributed by atoms with Gasteiger partial charge in [0, 0.05) is 18.5 Å². The van der Waals surface area contributed by atoms with E-state index < -0.39 is 0 Å². The molecule has 1 atom stereocenters. The van der Waals surface area contributed by atoms with Crippen molar-refractivity contribution in [3.8, 4) is 0 Å². The molecule has 1 aromatic rings. The van der Waals surface area contributed by atoms with Crippen LogP contribution in [-0.4, -0.2) is 29.0 Å². The Bertz CT molecular complexity index is 491. The predicted octanol–water partition coefficient (Wildman–Crippen LogP) is 1.70. The van der Waals surface area contributed by atoms with E-state index in [2.05, 4.69) is 15.6 Å². The molecule has 2 fully saturated rings. The summed E-state index contributed by atoms with van der Waals surface area (Å²) < 4.78 is 5.37. The number of hydrogen-bond acceptors (Lipinski definition) is 4. The molecule has 1 aliphatic carbocycles. The molecule has 0 bridgehead atoms. The minimum Gasteiger partial charge on any atom is -0.436 e. The third-order valence-corrected chi connectivity index (χ3v) is 4.39. The first-order valence-electron chi connectivity index (χ1n) is 7.08. The van der Waals surface area contributed by atoms with E-state index in [-0.39, 0.29) is 11.9 Å². The van der Waals surface area contributed by atoms with Gasteiger partial charge in [0.05, 0.1) is 5.69 Å². The minimum absolute atomic E-state index is 0.125. The van der Waals surface area contributed by atoms with Crippen LogP contribution in [0.15, 0.2) is 4.42 Å². The van der Waals surface area contributed by atoms with E-state index in [9.17, 15) is 4.79 Å². The van der Waals surface area contributed by atoms with Crippen LogP contribution in [0.5, 0.6) is 0 Å². The molecule has 5 nitrogen and oxygen atoms in total. The zero-order valence-corrected chi connectivity index (χ0v) is 11.6. The molecule has 1 aliphatic heterocycles. The van der Waals surface area contributed by atoms with Gasteiger partial charge in [-0.05, 0) is 45.6 Å². The Kier molecular flexibility index (Phi) is 3.09. The molecule has 0 aromatic carbocycles. The third kappa shape index (κ3) is 2.39. The van der Waals surface area contributed by atoms with Crippen molar-refractivity contribution in [2.24, 2.45) is 0 Å². The first-order valence-corrected chi connectivity index (χ1v) is 7.08. The van der Waals surface area contributed by atoms with Gasteiger partial charge in [-0.15, -0.1) is 0 Å². The maximum atomic E-state index is 12.2. The van der Waals surface area contributed by atoms with Crippen LogP contribution >= 0.6 is 0 Å². The van der Waals surface area contributed by atoms with Crippen molar-refractivity contribution in [3.63, 3.8) is 0 Å². The number of nitrogens with one attached hydrogen (secondary N) is 2. The first kappa shape index (κ1) is 12.7. The molecule has 104 valence electrons. The van der Waals surface area contributed by atoms with Gasteiger partial charge in [0.15, 0.2) is 5.89 Å². The molecule has 19 heavy (non-hydrogen) atoms. The normalized spacial score (nSPS) is 25.1. The number of piperidine rings is 1. The lowest BCUT2D eigenvalue weighted by atomic mass is 9.70. The Hall–Kier alpha value is -1.36. The molecule has 3 rings (SSSR count). The summed E-state index contributed by atoms with van der Waals surface area (Å²) in [5.74, 6) is 0.779. The number of aryl methyl sites for hydroxylation is 2. The molecule has 1 aromatic heterocycles. The largest absolute Gasteiger partial charge is 0.436 e. The van der Waals surface area contributed by atoms with Crippen LogP contribution in [0.25, 0.3) is 0 Å².